The first-order valence-corrected chi connectivity index (χ1v) is 10.9. The molecule has 1 aliphatic rings. The van der Waals surface area contributed by atoms with Gasteiger partial charge in [-0.25, -0.2) is 4.99 Å². The average molecular weight is 538 g/mol. The zero-order valence-corrected chi connectivity index (χ0v) is 20.9. The molecular formula is C24H35IN4O2. The van der Waals surface area contributed by atoms with Crippen LogP contribution < -0.4 is 15.4 Å². The lowest BCUT2D eigenvalue weighted by molar-refractivity contribution is 0.331. The second kappa shape index (κ2) is 13.4. The first-order chi connectivity index (χ1) is 14.7. The van der Waals surface area contributed by atoms with Crippen LogP contribution in [0.25, 0.3) is 0 Å². The molecule has 1 fully saturated rings. The molecule has 0 spiro atoms. The molecule has 0 aromatic heterocycles. The number of ether oxygens (including phenoxy) is 1. The predicted molar refractivity (Wildman–Crippen MR) is 138 cm³/mol. The van der Waals surface area contributed by atoms with Gasteiger partial charge in [0.05, 0.1) is 13.7 Å². The summed E-state index contributed by atoms with van der Waals surface area (Å²) >= 11 is 0. The van der Waals surface area contributed by atoms with Crippen LogP contribution in [0.15, 0.2) is 47.5 Å². The third kappa shape index (κ3) is 7.88. The van der Waals surface area contributed by atoms with Gasteiger partial charge in [-0.05, 0) is 62.0 Å². The van der Waals surface area contributed by atoms with E-state index < -0.39 is 0 Å². The minimum Gasteiger partial charge on any atom is -0.504 e. The van der Waals surface area contributed by atoms with Crippen LogP contribution in [-0.4, -0.2) is 49.3 Å². The van der Waals surface area contributed by atoms with E-state index in [9.17, 15) is 5.11 Å². The smallest absolute Gasteiger partial charge is 0.191 e. The zero-order valence-electron chi connectivity index (χ0n) is 18.6. The van der Waals surface area contributed by atoms with E-state index in [1.165, 1.54) is 37.1 Å². The third-order valence-corrected chi connectivity index (χ3v) is 5.38. The van der Waals surface area contributed by atoms with Crippen LogP contribution in [0.2, 0.25) is 0 Å². The highest BCUT2D eigenvalue weighted by Gasteiger charge is 2.11. The summed E-state index contributed by atoms with van der Waals surface area (Å²) in [6.07, 6.45) is 3.33. The van der Waals surface area contributed by atoms with Gasteiger partial charge in [-0.1, -0.05) is 36.4 Å². The summed E-state index contributed by atoms with van der Waals surface area (Å²) in [7, 11) is 1.56. The number of para-hydroxylation sites is 1. The highest BCUT2D eigenvalue weighted by atomic mass is 127. The lowest BCUT2D eigenvalue weighted by Gasteiger charge is -2.15. The summed E-state index contributed by atoms with van der Waals surface area (Å²) in [6.45, 7) is 7.63. The minimum atomic E-state index is 0. The van der Waals surface area contributed by atoms with Crippen LogP contribution in [0.5, 0.6) is 11.5 Å². The van der Waals surface area contributed by atoms with Crippen molar-refractivity contribution in [2.24, 2.45) is 4.99 Å². The van der Waals surface area contributed by atoms with E-state index in [4.69, 9.17) is 9.73 Å². The Morgan fingerprint density at radius 3 is 2.45 bits per heavy atom. The highest BCUT2D eigenvalue weighted by Crippen LogP contribution is 2.29. The maximum absolute atomic E-state index is 10.2. The van der Waals surface area contributed by atoms with Gasteiger partial charge >= 0.3 is 0 Å². The number of halogens is 1. The molecule has 1 aliphatic heterocycles. The van der Waals surface area contributed by atoms with Gasteiger partial charge in [-0.3, -0.25) is 4.90 Å². The van der Waals surface area contributed by atoms with E-state index in [0.717, 1.165) is 24.6 Å². The molecule has 0 radical (unpaired) electrons. The van der Waals surface area contributed by atoms with Gasteiger partial charge in [0.2, 0.25) is 0 Å². The van der Waals surface area contributed by atoms with E-state index in [-0.39, 0.29) is 29.7 Å². The zero-order chi connectivity index (χ0) is 21.2. The summed E-state index contributed by atoms with van der Waals surface area (Å²) < 4.78 is 5.18. The Labute approximate surface area is 203 Å². The van der Waals surface area contributed by atoms with Gasteiger partial charge in [0.1, 0.15) is 0 Å². The van der Waals surface area contributed by atoms with Crippen molar-refractivity contribution in [2.75, 3.05) is 33.3 Å². The lowest BCUT2D eigenvalue weighted by Crippen LogP contribution is -2.38. The molecule has 0 bridgehead atoms. The topological polar surface area (TPSA) is 69.1 Å². The van der Waals surface area contributed by atoms with Crippen molar-refractivity contribution in [2.45, 2.75) is 39.3 Å². The Morgan fingerprint density at radius 1 is 1.06 bits per heavy atom. The molecule has 31 heavy (non-hydrogen) atoms. The normalized spacial score (nSPS) is 14.2. The molecular weight excluding hydrogens is 503 g/mol. The van der Waals surface area contributed by atoms with Crippen LogP contribution in [0.1, 0.15) is 36.5 Å². The molecule has 0 aliphatic carbocycles. The number of aliphatic imine (C=N–C) groups is 1. The van der Waals surface area contributed by atoms with Crippen molar-refractivity contribution in [3.63, 3.8) is 0 Å². The molecule has 0 amide bonds. The van der Waals surface area contributed by atoms with Crippen molar-refractivity contribution in [3.05, 3.63) is 59.2 Å². The third-order valence-electron chi connectivity index (χ3n) is 5.38. The number of methoxy groups -OCH3 is 1. The number of likely N-dealkylation sites (tertiary alicyclic amines) is 1. The molecule has 0 unspecified atom stereocenters. The Morgan fingerprint density at radius 2 is 1.77 bits per heavy atom. The molecule has 3 N–H and O–H groups in total. The Bertz CT molecular complexity index is 821. The van der Waals surface area contributed by atoms with Crippen molar-refractivity contribution in [3.8, 4) is 11.5 Å². The number of phenolic OH excluding ortho intramolecular Hbond substituents is 1. The fourth-order valence-electron chi connectivity index (χ4n) is 3.71. The van der Waals surface area contributed by atoms with E-state index in [2.05, 4.69) is 46.7 Å². The van der Waals surface area contributed by atoms with Crippen LogP contribution in [0.3, 0.4) is 0 Å². The summed E-state index contributed by atoms with van der Waals surface area (Å²) in [5, 5.41) is 16.8. The Kier molecular flexibility index (Phi) is 10.9. The molecule has 0 atom stereocenters. The van der Waals surface area contributed by atoms with Crippen molar-refractivity contribution in [1.82, 2.24) is 15.5 Å². The highest BCUT2D eigenvalue weighted by molar-refractivity contribution is 14.0. The molecule has 2 aromatic rings. The van der Waals surface area contributed by atoms with Crippen LogP contribution in [-0.2, 0) is 19.5 Å². The maximum Gasteiger partial charge on any atom is 0.191 e. The van der Waals surface area contributed by atoms with Gasteiger partial charge in [0, 0.05) is 19.6 Å². The molecule has 170 valence electrons. The number of nitrogens with one attached hydrogen (secondary N) is 2. The summed E-state index contributed by atoms with van der Waals surface area (Å²) in [6, 6.07) is 14.3. The number of guanidine groups is 1. The fraction of sp³-hybridized carbons (Fsp3) is 0.458. The van der Waals surface area contributed by atoms with Crippen LogP contribution in [0.4, 0.5) is 0 Å². The summed E-state index contributed by atoms with van der Waals surface area (Å²) in [4.78, 5) is 7.22. The largest absolute Gasteiger partial charge is 0.504 e. The molecule has 6 nitrogen and oxygen atoms in total. The Balaban J connectivity index is 0.00000341. The SMILES string of the molecule is CCNC(=NCc1ccc(CN2CCCC2)cc1)NCCc1cccc(OC)c1O.I. The number of aromatic hydroxyl groups is 1. The van der Waals surface area contributed by atoms with Gasteiger partial charge < -0.3 is 20.5 Å². The molecule has 0 saturated carbocycles. The molecule has 1 saturated heterocycles. The second-order valence-electron chi connectivity index (χ2n) is 7.64. The first kappa shape index (κ1) is 25.3. The molecule has 2 aromatic carbocycles. The number of hydrogen-bond donors (Lipinski definition) is 3. The van der Waals surface area contributed by atoms with E-state index in [1.54, 1.807) is 13.2 Å². The number of nitrogens with zero attached hydrogens (tertiary/aromatic N) is 2. The quantitative estimate of drug-likeness (QED) is 0.257. The summed E-state index contributed by atoms with van der Waals surface area (Å²) in [5.74, 6) is 1.49. The van der Waals surface area contributed by atoms with Crippen molar-refractivity contribution < 1.29 is 9.84 Å². The number of rotatable bonds is 9. The molecule has 7 heteroatoms. The molecule has 3 rings (SSSR count). The average Bonchev–Trinajstić information content (AvgIpc) is 3.27. The number of hydrogen-bond acceptors (Lipinski definition) is 4. The van der Waals surface area contributed by atoms with Crippen molar-refractivity contribution in [1.29, 1.82) is 0 Å². The first-order valence-electron chi connectivity index (χ1n) is 10.9. The molecule has 1 heterocycles. The Hall–Kier alpha value is -2.00. The lowest BCUT2D eigenvalue weighted by atomic mass is 10.1. The second-order valence-corrected chi connectivity index (χ2v) is 7.64. The van der Waals surface area contributed by atoms with E-state index in [1.807, 2.05) is 12.1 Å². The minimum absolute atomic E-state index is 0. The monoisotopic (exact) mass is 538 g/mol. The van der Waals surface area contributed by atoms with Crippen LogP contribution >= 0.6 is 24.0 Å². The van der Waals surface area contributed by atoms with E-state index >= 15 is 0 Å². The van der Waals surface area contributed by atoms with Gasteiger partial charge in [0.15, 0.2) is 17.5 Å². The predicted octanol–water partition coefficient (Wildman–Crippen LogP) is 3.91. The number of benzene rings is 2. The van der Waals surface area contributed by atoms with Crippen molar-refractivity contribution >= 4 is 29.9 Å². The fourth-order valence-corrected chi connectivity index (χ4v) is 3.71. The van der Waals surface area contributed by atoms with E-state index in [0.29, 0.717) is 25.3 Å². The summed E-state index contributed by atoms with van der Waals surface area (Å²) in [5.41, 5.74) is 3.42. The van der Waals surface area contributed by atoms with Gasteiger partial charge in [-0.2, -0.15) is 0 Å². The van der Waals surface area contributed by atoms with Crippen LogP contribution in [0, 0.1) is 0 Å². The standard InChI is InChI=1S/C24H34N4O2.HI/c1-3-25-24(26-14-13-21-7-6-8-22(30-2)23(21)29)27-17-19-9-11-20(12-10-19)18-28-15-4-5-16-28;/h6-12,29H,3-5,13-18H2,1-2H3,(H2,25,26,27);1H. The maximum atomic E-state index is 10.2. The van der Waals surface area contributed by atoms with Gasteiger partial charge in [0.25, 0.3) is 0 Å². The van der Waals surface area contributed by atoms with Gasteiger partial charge in [-0.15, -0.1) is 24.0 Å². The number of phenols is 1.